The molecule has 0 radical (unpaired) electrons. The largest absolute Gasteiger partial charge is 0.416 e. The number of ether oxygens (including phenoxy) is 1. The molecule has 0 spiro atoms. The molecule has 1 unspecified atom stereocenters. The predicted molar refractivity (Wildman–Crippen MR) is 111 cm³/mol. The summed E-state index contributed by atoms with van der Waals surface area (Å²) in [5.74, 6) is 1.04. The van der Waals surface area contributed by atoms with Crippen LogP contribution in [0.1, 0.15) is 29.2 Å². The Hall–Kier alpha value is -2.86. The molecule has 0 saturated heterocycles. The average Bonchev–Trinajstić information content (AvgIpc) is 3.19. The van der Waals surface area contributed by atoms with Gasteiger partial charge in [-0.3, -0.25) is 4.99 Å². The first-order valence-corrected chi connectivity index (χ1v) is 9.96. The van der Waals surface area contributed by atoms with Gasteiger partial charge in [-0.2, -0.15) is 13.2 Å². The van der Waals surface area contributed by atoms with E-state index in [4.69, 9.17) is 9.73 Å². The maximum Gasteiger partial charge on any atom is 0.416 e. The number of nitrogens with one attached hydrogen (secondary N) is 1. The van der Waals surface area contributed by atoms with E-state index in [1.807, 2.05) is 24.3 Å². The van der Waals surface area contributed by atoms with Crippen LogP contribution in [0.3, 0.4) is 0 Å². The Balaban J connectivity index is 1.43. The van der Waals surface area contributed by atoms with Crippen molar-refractivity contribution in [3.8, 4) is 0 Å². The number of hydrogen-bond donors (Lipinski definition) is 1. The molecule has 3 atom stereocenters. The van der Waals surface area contributed by atoms with Crippen LogP contribution in [0.5, 0.6) is 0 Å². The number of aliphatic imine (C=N–C) groups is 1. The van der Waals surface area contributed by atoms with Gasteiger partial charge >= 0.3 is 6.18 Å². The quantitative estimate of drug-likeness (QED) is 0.683. The standard InChI is InChI=1S/C24H23F3N2O/c25-24(26,27)20-13-7-8-17(14-20)15-30-16-21-28-22(18-9-3-1-4-10-18)23(29-21)19-11-5-2-6-12-19/h1-11,13-14,19,22-23H,12,15-16H2,(H,28,29)/t19?,22-,23+/m1/s1. The zero-order valence-electron chi connectivity index (χ0n) is 16.3. The monoisotopic (exact) mass is 412 g/mol. The molecule has 0 saturated carbocycles. The molecule has 3 nitrogen and oxygen atoms in total. The molecule has 156 valence electrons. The molecule has 4 rings (SSSR count). The highest BCUT2D eigenvalue weighted by Crippen LogP contribution is 2.33. The fourth-order valence-corrected chi connectivity index (χ4v) is 3.88. The minimum Gasteiger partial charge on any atom is -0.369 e. The summed E-state index contributed by atoms with van der Waals surface area (Å²) < 4.78 is 44.3. The van der Waals surface area contributed by atoms with Crippen molar-refractivity contribution in [1.29, 1.82) is 0 Å². The highest BCUT2D eigenvalue weighted by molar-refractivity contribution is 5.86. The molecular weight excluding hydrogens is 389 g/mol. The van der Waals surface area contributed by atoms with E-state index < -0.39 is 11.7 Å². The van der Waals surface area contributed by atoms with Crippen LogP contribution in [-0.2, 0) is 17.5 Å². The Labute approximate surface area is 174 Å². The lowest BCUT2D eigenvalue weighted by atomic mass is 9.86. The van der Waals surface area contributed by atoms with Crippen molar-refractivity contribution in [1.82, 2.24) is 5.32 Å². The Morgan fingerprint density at radius 3 is 2.57 bits per heavy atom. The van der Waals surface area contributed by atoms with Crippen LogP contribution in [0.4, 0.5) is 13.2 Å². The normalized spacial score (nSPS) is 23.3. The molecular formula is C24H23F3N2O. The third-order valence-corrected chi connectivity index (χ3v) is 5.35. The SMILES string of the molecule is FC(F)(F)c1cccc(COCC2=N[C@H](c3ccccc3)[C@H](C3C=CC=CC3)N2)c1. The molecule has 2 aliphatic rings. The molecule has 30 heavy (non-hydrogen) atoms. The Kier molecular flexibility index (Phi) is 6.04. The van der Waals surface area contributed by atoms with E-state index in [9.17, 15) is 13.2 Å². The second-order valence-corrected chi connectivity index (χ2v) is 7.50. The van der Waals surface area contributed by atoms with Gasteiger partial charge < -0.3 is 10.1 Å². The third kappa shape index (κ3) is 4.82. The van der Waals surface area contributed by atoms with Crippen molar-refractivity contribution in [3.05, 3.63) is 95.6 Å². The number of allylic oxidation sites excluding steroid dienone is 3. The first-order chi connectivity index (χ1) is 14.5. The summed E-state index contributed by atoms with van der Waals surface area (Å²) >= 11 is 0. The summed E-state index contributed by atoms with van der Waals surface area (Å²) in [4.78, 5) is 4.85. The minimum absolute atomic E-state index is 0.0282. The second-order valence-electron chi connectivity index (χ2n) is 7.50. The van der Waals surface area contributed by atoms with Gasteiger partial charge in [0.15, 0.2) is 0 Å². The van der Waals surface area contributed by atoms with Gasteiger partial charge in [0.1, 0.15) is 12.4 Å². The topological polar surface area (TPSA) is 33.6 Å². The number of halogens is 3. The summed E-state index contributed by atoms with van der Waals surface area (Å²) in [5, 5.41) is 3.49. The van der Waals surface area contributed by atoms with Crippen LogP contribution in [0.15, 0.2) is 83.9 Å². The number of amidine groups is 1. The van der Waals surface area contributed by atoms with E-state index in [0.717, 1.165) is 30.0 Å². The van der Waals surface area contributed by atoms with Gasteiger partial charge in [0, 0.05) is 5.92 Å². The number of hydrogen-bond acceptors (Lipinski definition) is 3. The zero-order chi connectivity index (χ0) is 21.0. The predicted octanol–water partition coefficient (Wildman–Crippen LogP) is 5.47. The van der Waals surface area contributed by atoms with E-state index in [1.54, 1.807) is 6.07 Å². The molecule has 2 aromatic rings. The highest BCUT2D eigenvalue weighted by atomic mass is 19.4. The van der Waals surface area contributed by atoms with E-state index in [0.29, 0.717) is 11.5 Å². The van der Waals surface area contributed by atoms with Crippen molar-refractivity contribution >= 4 is 5.84 Å². The fourth-order valence-electron chi connectivity index (χ4n) is 3.88. The average molecular weight is 412 g/mol. The zero-order valence-corrected chi connectivity index (χ0v) is 16.3. The maximum atomic E-state index is 12.9. The summed E-state index contributed by atoms with van der Waals surface area (Å²) in [6.07, 6.45) is 5.02. The van der Waals surface area contributed by atoms with Gasteiger partial charge in [0.25, 0.3) is 0 Å². The first-order valence-electron chi connectivity index (χ1n) is 9.96. The van der Waals surface area contributed by atoms with Gasteiger partial charge in [0.05, 0.1) is 24.3 Å². The Morgan fingerprint density at radius 1 is 1.00 bits per heavy atom. The van der Waals surface area contributed by atoms with E-state index in [1.165, 1.54) is 6.07 Å². The molecule has 6 heteroatoms. The Morgan fingerprint density at radius 2 is 1.83 bits per heavy atom. The van der Waals surface area contributed by atoms with Crippen LogP contribution < -0.4 is 5.32 Å². The van der Waals surface area contributed by atoms with Crippen LogP contribution >= 0.6 is 0 Å². The lowest BCUT2D eigenvalue weighted by molar-refractivity contribution is -0.137. The number of benzene rings is 2. The van der Waals surface area contributed by atoms with Crippen molar-refractivity contribution in [2.75, 3.05) is 6.61 Å². The van der Waals surface area contributed by atoms with Crippen molar-refractivity contribution in [2.24, 2.45) is 10.9 Å². The van der Waals surface area contributed by atoms with Crippen LogP contribution in [-0.4, -0.2) is 18.5 Å². The molecule has 2 aromatic carbocycles. The van der Waals surface area contributed by atoms with Crippen LogP contribution in [0.2, 0.25) is 0 Å². The van der Waals surface area contributed by atoms with Crippen molar-refractivity contribution in [2.45, 2.75) is 31.3 Å². The molecule has 1 N–H and O–H groups in total. The molecule has 1 aliphatic heterocycles. The Bertz CT molecular complexity index is 950. The molecule has 0 aromatic heterocycles. The van der Waals surface area contributed by atoms with Gasteiger partial charge in [-0.25, -0.2) is 0 Å². The lowest BCUT2D eigenvalue weighted by Gasteiger charge is -2.26. The van der Waals surface area contributed by atoms with Crippen LogP contribution in [0.25, 0.3) is 0 Å². The third-order valence-electron chi connectivity index (χ3n) is 5.35. The summed E-state index contributed by atoms with van der Waals surface area (Å²) in [7, 11) is 0. The van der Waals surface area contributed by atoms with Crippen LogP contribution in [0, 0.1) is 5.92 Å². The molecule has 0 amide bonds. The molecule has 0 fully saturated rings. The smallest absolute Gasteiger partial charge is 0.369 e. The summed E-state index contributed by atoms with van der Waals surface area (Å²) in [5.41, 5.74) is 0.951. The second kappa shape index (κ2) is 8.88. The molecule has 0 bridgehead atoms. The fraction of sp³-hybridized carbons (Fsp3) is 0.292. The van der Waals surface area contributed by atoms with Gasteiger partial charge in [0.2, 0.25) is 0 Å². The highest BCUT2D eigenvalue weighted by Gasteiger charge is 2.34. The summed E-state index contributed by atoms with van der Waals surface area (Å²) in [6, 6.07) is 15.4. The van der Waals surface area contributed by atoms with E-state index in [-0.39, 0.29) is 25.3 Å². The van der Waals surface area contributed by atoms with Crippen molar-refractivity contribution < 1.29 is 17.9 Å². The molecule has 1 aliphatic carbocycles. The minimum atomic E-state index is -4.36. The van der Waals surface area contributed by atoms with E-state index in [2.05, 4.69) is 35.7 Å². The molecule has 1 heterocycles. The lowest BCUT2D eigenvalue weighted by Crippen LogP contribution is -2.39. The van der Waals surface area contributed by atoms with Gasteiger partial charge in [-0.05, 0) is 29.7 Å². The number of rotatable bonds is 6. The summed E-state index contributed by atoms with van der Waals surface area (Å²) in [6.45, 7) is 0.319. The van der Waals surface area contributed by atoms with Gasteiger partial charge in [-0.15, -0.1) is 0 Å². The first kappa shape index (κ1) is 20.4. The number of nitrogens with zero attached hydrogens (tertiary/aromatic N) is 1. The van der Waals surface area contributed by atoms with E-state index >= 15 is 0 Å². The van der Waals surface area contributed by atoms with Gasteiger partial charge in [-0.1, -0.05) is 66.8 Å². The maximum absolute atomic E-state index is 12.9. The van der Waals surface area contributed by atoms with Crippen molar-refractivity contribution in [3.63, 3.8) is 0 Å². The number of alkyl halides is 3.